The Morgan fingerprint density at radius 1 is 1.07 bits per heavy atom. The van der Waals surface area contributed by atoms with Crippen molar-refractivity contribution in [3.8, 4) is 22.4 Å². The number of anilines is 1. The number of nitrogens with one attached hydrogen (secondary N) is 2. The average molecular weight is 398 g/mol. The fourth-order valence-electron chi connectivity index (χ4n) is 3.69. The van der Waals surface area contributed by atoms with E-state index < -0.39 is 11.6 Å². The molecular weight excluding hydrogens is 374 g/mol. The summed E-state index contributed by atoms with van der Waals surface area (Å²) in [5.41, 5.74) is 1.08. The van der Waals surface area contributed by atoms with Gasteiger partial charge in [0, 0.05) is 47.6 Å². The molecule has 0 amide bonds. The van der Waals surface area contributed by atoms with Crippen molar-refractivity contribution < 1.29 is 8.78 Å². The minimum atomic E-state index is -0.943. The summed E-state index contributed by atoms with van der Waals surface area (Å²) in [5, 5.41) is 9.97. The van der Waals surface area contributed by atoms with Gasteiger partial charge in [-0.1, -0.05) is 6.07 Å². The Labute approximate surface area is 168 Å². The van der Waals surface area contributed by atoms with Gasteiger partial charge in [-0.3, -0.25) is 10.1 Å². The number of H-pyrrole nitrogens is 1. The lowest BCUT2D eigenvalue weighted by atomic mass is 10.0. The van der Waals surface area contributed by atoms with Gasteiger partial charge in [-0.2, -0.15) is 5.10 Å². The molecular formula is C21H24F2N6. The van der Waals surface area contributed by atoms with E-state index in [1.165, 1.54) is 30.7 Å². The standard InChI is InChI=1S/C21H24F2N6/c1-21(2,3)28-14-6-7-29(12-14)18-11-24-17(10-25-18)16-5-4-15(19(22)20(16)23)13-8-26-27-9-13/h4-5,8-11,14,28H,6-7,12H2,1-3H3,(H,26,27). The summed E-state index contributed by atoms with van der Waals surface area (Å²) in [6, 6.07) is 3.43. The van der Waals surface area contributed by atoms with Crippen LogP contribution in [0.25, 0.3) is 22.4 Å². The fraction of sp³-hybridized carbons (Fsp3) is 0.381. The number of halogens is 2. The van der Waals surface area contributed by atoms with Crippen molar-refractivity contribution in [2.75, 3.05) is 18.0 Å². The van der Waals surface area contributed by atoms with Crippen LogP contribution in [0.2, 0.25) is 0 Å². The Hall–Kier alpha value is -2.87. The van der Waals surface area contributed by atoms with Crippen LogP contribution in [0.1, 0.15) is 27.2 Å². The Bertz CT molecular complexity index is 980. The third-order valence-electron chi connectivity index (χ3n) is 4.96. The largest absolute Gasteiger partial charge is 0.354 e. The molecule has 3 heterocycles. The van der Waals surface area contributed by atoms with Crippen molar-refractivity contribution in [3.63, 3.8) is 0 Å². The highest BCUT2D eigenvalue weighted by Crippen LogP contribution is 2.30. The van der Waals surface area contributed by atoms with E-state index in [1.807, 2.05) is 0 Å². The molecule has 3 aromatic rings. The third-order valence-corrected chi connectivity index (χ3v) is 4.96. The highest BCUT2D eigenvalue weighted by atomic mass is 19.2. The van der Waals surface area contributed by atoms with Gasteiger partial charge in [-0.25, -0.2) is 13.8 Å². The molecule has 8 heteroatoms. The Morgan fingerprint density at radius 3 is 2.48 bits per heavy atom. The zero-order valence-corrected chi connectivity index (χ0v) is 16.7. The van der Waals surface area contributed by atoms with E-state index in [9.17, 15) is 8.78 Å². The summed E-state index contributed by atoms with van der Waals surface area (Å²) in [5.74, 6) is -1.13. The maximum atomic E-state index is 14.7. The van der Waals surface area contributed by atoms with E-state index in [-0.39, 0.29) is 16.7 Å². The van der Waals surface area contributed by atoms with Gasteiger partial charge in [0.15, 0.2) is 11.6 Å². The van der Waals surface area contributed by atoms with E-state index in [0.717, 1.165) is 25.3 Å². The number of aromatic amines is 1. The lowest BCUT2D eigenvalue weighted by Crippen LogP contribution is -2.44. The van der Waals surface area contributed by atoms with Crippen LogP contribution in [0.4, 0.5) is 14.6 Å². The van der Waals surface area contributed by atoms with Gasteiger partial charge in [0.25, 0.3) is 0 Å². The molecule has 1 fully saturated rings. The zero-order chi connectivity index (χ0) is 20.6. The molecule has 1 saturated heterocycles. The maximum absolute atomic E-state index is 14.7. The van der Waals surface area contributed by atoms with Crippen molar-refractivity contribution in [1.82, 2.24) is 25.5 Å². The topological polar surface area (TPSA) is 69.7 Å². The normalized spacial score (nSPS) is 17.1. The predicted octanol–water partition coefficient (Wildman–Crippen LogP) is 3.78. The van der Waals surface area contributed by atoms with Gasteiger partial charge in [0.2, 0.25) is 0 Å². The Kier molecular flexibility index (Phi) is 5.04. The molecule has 6 nitrogen and oxygen atoms in total. The van der Waals surface area contributed by atoms with E-state index >= 15 is 0 Å². The molecule has 4 rings (SSSR count). The van der Waals surface area contributed by atoms with Gasteiger partial charge >= 0.3 is 0 Å². The fourth-order valence-corrected chi connectivity index (χ4v) is 3.69. The van der Waals surface area contributed by atoms with Crippen molar-refractivity contribution in [3.05, 3.63) is 48.6 Å². The molecule has 29 heavy (non-hydrogen) atoms. The number of aromatic nitrogens is 4. The molecule has 0 bridgehead atoms. The molecule has 0 radical (unpaired) electrons. The van der Waals surface area contributed by atoms with Crippen LogP contribution in [-0.4, -0.2) is 44.8 Å². The second kappa shape index (κ2) is 7.51. The second-order valence-electron chi connectivity index (χ2n) is 8.36. The lowest BCUT2D eigenvalue weighted by Gasteiger charge is -2.26. The van der Waals surface area contributed by atoms with Gasteiger partial charge in [-0.05, 0) is 33.3 Å². The first-order chi connectivity index (χ1) is 13.8. The van der Waals surface area contributed by atoms with Crippen LogP contribution in [0, 0.1) is 11.6 Å². The van der Waals surface area contributed by atoms with Crippen molar-refractivity contribution in [2.45, 2.75) is 38.8 Å². The SMILES string of the molecule is CC(C)(C)NC1CCN(c2cnc(-c3ccc(-c4cn[nH]c4)c(F)c3F)cn2)C1. The number of hydrogen-bond donors (Lipinski definition) is 2. The summed E-state index contributed by atoms with van der Waals surface area (Å²) in [4.78, 5) is 10.9. The molecule has 1 unspecified atom stereocenters. The summed E-state index contributed by atoms with van der Waals surface area (Å²) in [6.07, 6.45) is 7.11. The van der Waals surface area contributed by atoms with Gasteiger partial charge in [0.1, 0.15) is 5.82 Å². The van der Waals surface area contributed by atoms with Crippen molar-refractivity contribution in [2.24, 2.45) is 0 Å². The van der Waals surface area contributed by atoms with E-state index in [2.05, 4.69) is 51.2 Å². The van der Waals surface area contributed by atoms with Crippen LogP contribution < -0.4 is 10.2 Å². The molecule has 1 atom stereocenters. The van der Waals surface area contributed by atoms with Crippen LogP contribution in [0.3, 0.4) is 0 Å². The van der Waals surface area contributed by atoms with Crippen LogP contribution in [-0.2, 0) is 0 Å². The van der Waals surface area contributed by atoms with Crippen LogP contribution in [0.15, 0.2) is 36.9 Å². The molecule has 2 aromatic heterocycles. The smallest absolute Gasteiger partial charge is 0.168 e. The number of hydrogen-bond acceptors (Lipinski definition) is 5. The molecule has 0 spiro atoms. The first-order valence-electron chi connectivity index (χ1n) is 9.64. The molecule has 152 valence electrons. The van der Waals surface area contributed by atoms with E-state index in [4.69, 9.17) is 0 Å². The molecule has 0 saturated carbocycles. The van der Waals surface area contributed by atoms with Crippen molar-refractivity contribution in [1.29, 1.82) is 0 Å². The third kappa shape index (κ3) is 4.12. The molecule has 1 aliphatic rings. The Balaban J connectivity index is 1.52. The van der Waals surface area contributed by atoms with E-state index in [1.54, 1.807) is 6.20 Å². The number of rotatable bonds is 4. The summed E-state index contributed by atoms with van der Waals surface area (Å²) < 4.78 is 29.2. The van der Waals surface area contributed by atoms with Gasteiger partial charge in [0.05, 0.1) is 24.3 Å². The first kappa shape index (κ1) is 19.4. The quantitative estimate of drug-likeness (QED) is 0.700. The summed E-state index contributed by atoms with van der Waals surface area (Å²) >= 11 is 0. The summed E-state index contributed by atoms with van der Waals surface area (Å²) in [7, 11) is 0. The zero-order valence-electron chi connectivity index (χ0n) is 16.7. The minimum Gasteiger partial charge on any atom is -0.354 e. The number of nitrogens with zero attached hydrogens (tertiary/aromatic N) is 4. The maximum Gasteiger partial charge on any atom is 0.168 e. The van der Waals surface area contributed by atoms with Crippen LogP contribution >= 0.6 is 0 Å². The monoisotopic (exact) mass is 398 g/mol. The minimum absolute atomic E-state index is 0.0560. The predicted molar refractivity (Wildman–Crippen MR) is 108 cm³/mol. The summed E-state index contributed by atoms with van der Waals surface area (Å²) in [6.45, 7) is 8.17. The van der Waals surface area contributed by atoms with Crippen LogP contribution in [0.5, 0.6) is 0 Å². The number of benzene rings is 1. The molecule has 1 aromatic carbocycles. The van der Waals surface area contributed by atoms with E-state index in [0.29, 0.717) is 17.3 Å². The molecule has 2 N–H and O–H groups in total. The first-order valence-corrected chi connectivity index (χ1v) is 9.64. The Morgan fingerprint density at radius 2 is 1.83 bits per heavy atom. The average Bonchev–Trinajstić information content (AvgIpc) is 3.35. The highest BCUT2D eigenvalue weighted by Gasteiger charge is 2.27. The van der Waals surface area contributed by atoms with Crippen molar-refractivity contribution >= 4 is 5.82 Å². The second-order valence-corrected chi connectivity index (χ2v) is 8.36. The molecule has 0 aliphatic carbocycles. The lowest BCUT2D eigenvalue weighted by molar-refractivity contribution is 0.373. The van der Waals surface area contributed by atoms with Gasteiger partial charge in [-0.15, -0.1) is 0 Å². The highest BCUT2D eigenvalue weighted by molar-refractivity contribution is 5.69. The van der Waals surface area contributed by atoms with Gasteiger partial charge < -0.3 is 10.2 Å². The molecule has 1 aliphatic heterocycles.